The van der Waals surface area contributed by atoms with Crippen LogP contribution in [0.15, 0.2) is 59.5 Å². The first-order chi connectivity index (χ1) is 10.2. The summed E-state index contributed by atoms with van der Waals surface area (Å²) in [5, 5.41) is 3.99. The number of rotatable bonds is 6. The second-order valence-electron chi connectivity index (χ2n) is 4.88. The van der Waals surface area contributed by atoms with Crippen molar-refractivity contribution in [2.45, 2.75) is 29.5 Å². The normalized spacial score (nSPS) is 15.4. The van der Waals surface area contributed by atoms with Gasteiger partial charge in [-0.05, 0) is 43.3 Å². The lowest BCUT2D eigenvalue weighted by Gasteiger charge is -2.26. The van der Waals surface area contributed by atoms with Gasteiger partial charge in [0, 0.05) is 16.0 Å². The standard InChI is InChI=1S/C17H20ClNOS/c1-3-16(17(19-2)13-7-5-4-6-8-13)21(20)15-11-9-14(18)10-12-15/h4-12,16-17,19H,3H2,1-2H3. The van der Waals surface area contributed by atoms with Crippen molar-refractivity contribution < 1.29 is 4.21 Å². The largest absolute Gasteiger partial charge is 0.312 e. The summed E-state index contributed by atoms with van der Waals surface area (Å²) >= 11 is 5.90. The van der Waals surface area contributed by atoms with Gasteiger partial charge in [0.2, 0.25) is 0 Å². The molecule has 2 rings (SSSR count). The minimum atomic E-state index is -1.08. The van der Waals surface area contributed by atoms with Gasteiger partial charge < -0.3 is 5.32 Å². The third kappa shape index (κ3) is 3.94. The van der Waals surface area contributed by atoms with Crippen LogP contribution in [0.5, 0.6) is 0 Å². The fourth-order valence-electron chi connectivity index (χ4n) is 2.48. The zero-order valence-corrected chi connectivity index (χ0v) is 13.8. The van der Waals surface area contributed by atoms with E-state index in [0.29, 0.717) is 5.02 Å². The van der Waals surface area contributed by atoms with E-state index in [9.17, 15) is 4.21 Å². The van der Waals surface area contributed by atoms with Crippen LogP contribution in [0, 0.1) is 0 Å². The minimum Gasteiger partial charge on any atom is -0.312 e. The Kier molecular flexibility index (Phi) is 5.97. The molecule has 3 unspecified atom stereocenters. The average Bonchev–Trinajstić information content (AvgIpc) is 2.53. The van der Waals surface area contributed by atoms with Gasteiger partial charge in [-0.15, -0.1) is 0 Å². The van der Waals surface area contributed by atoms with Gasteiger partial charge in [0.1, 0.15) is 0 Å². The monoisotopic (exact) mass is 321 g/mol. The van der Waals surface area contributed by atoms with Gasteiger partial charge in [0.25, 0.3) is 0 Å². The fraction of sp³-hybridized carbons (Fsp3) is 0.294. The topological polar surface area (TPSA) is 29.1 Å². The molecule has 2 aromatic carbocycles. The molecule has 0 aromatic heterocycles. The van der Waals surface area contributed by atoms with E-state index < -0.39 is 10.8 Å². The average molecular weight is 322 g/mol. The van der Waals surface area contributed by atoms with Gasteiger partial charge in [-0.25, -0.2) is 0 Å². The maximum absolute atomic E-state index is 12.9. The summed E-state index contributed by atoms with van der Waals surface area (Å²) < 4.78 is 12.9. The van der Waals surface area contributed by atoms with Crippen LogP contribution in [0.25, 0.3) is 0 Å². The molecular formula is C17H20ClNOS. The lowest BCUT2D eigenvalue weighted by Crippen LogP contribution is -2.32. The SMILES string of the molecule is CCC(C(NC)c1ccccc1)S(=O)c1ccc(Cl)cc1. The summed E-state index contributed by atoms with van der Waals surface area (Å²) in [7, 11) is 0.835. The molecule has 3 atom stereocenters. The van der Waals surface area contributed by atoms with Crippen LogP contribution in [0.1, 0.15) is 24.9 Å². The highest BCUT2D eigenvalue weighted by Crippen LogP contribution is 2.27. The molecule has 0 aliphatic rings. The summed E-state index contributed by atoms with van der Waals surface area (Å²) in [6, 6.07) is 17.5. The molecule has 0 heterocycles. The summed E-state index contributed by atoms with van der Waals surface area (Å²) in [5.74, 6) is 0. The molecule has 0 amide bonds. The molecule has 112 valence electrons. The molecule has 0 aliphatic heterocycles. The summed E-state index contributed by atoms with van der Waals surface area (Å²) in [6.45, 7) is 2.08. The maximum Gasteiger partial charge on any atom is 0.0586 e. The van der Waals surface area contributed by atoms with E-state index in [-0.39, 0.29) is 11.3 Å². The molecule has 0 bridgehead atoms. The van der Waals surface area contributed by atoms with Crippen molar-refractivity contribution in [3.05, 3.63) is 65.2 Å². The Bertz CT molecular complexity index is 585. The molecule has 0 spiro atoms. The highest BCUT2D eigenvalue weighted by atomic mass is 35.5. The summed E-state index contributed by atoms with van der Waals surface area (Å²) in [6.07, 6.45) is 0.829. The van der Waals surface area contributed by atoms with Crippen molar-refractivity contribution in [2.24, 2.45) is 0 Å². The molecule has 0 saturated carbocycles. The quantitative estimate of drug-likeness (QED) is 0.864. The number of nitrogens with one attached hydrogen (secondary N) is 1. The molecule has 2 aromatic rings. The molecular weight excluding hydrogens is 302 g/mol. The zero-order chi connectivity index (χ0) is 15.2. The molecule has 0 saturated heterocycles. The van der Waals surface area contributed by atoms with E-state index in [4.69, 9.17) is 11.6 Å². The van der Waals surface area contributed by atoms with E-state index >= 15 is 0 Å². The third-order valence-electron chi connectivity index (χ3n) is 3.56. The fourth-order valence-corrected chi connectivity index (χ4v) is 4.20. The Morgan fingerprint density at radius 1 is 1.10 bits per heavy atom. The van der Waals surface area contributed by atoms with Crippen molar-refractivity contribution in [1.29, 1.82) is 0 Å². The molecule has 0 radical (unpaired) electrons. The van der Waals surface area contributed by atoms with Crippen LogP contribution in [0.2, 0.25) is 5.02 Å². The molecule has 2 nitrogen and oxygen atoms in total. The Balaban J connectivity index is 2.29. The van der Waals surface area contributed by atoms with Crippen LogP contribution in [0.3, 0.4) is 0 Å². The van der Waals surface area contributed by atoms with Crippen LogP contribution in [0.4, 0.5) is 0 Å². The van der Waals surface area contributed by atoms with Gasteiger partial charge in [0.05, 0.1) is 16.0 Å². The van der Waals surface area contributed by atoms with Crippen molar-refractivity contribution >= 4 is 22.4 Å². The predicted octanol–water partition coefficient (Wildman–Crippen LogP) is 4.19. The van der Waals surface area contributed by atoms with E-state index in [0.717, 1.165) is 16.9 Å². The second kappa shape index (κ2) is 7.74. The van der Waals surface area contributed by atoms with Crippen LogP contribution >= 0.6 is 11.6 Å². The van der Waals surface area contributed by atoms with Crippen LogP contribution < -0.4 is 5.32 Å². The molecule has 0 aliphatic carbocycles. The molecule has 1 N–H and O–H groups in total. The summed E-state index contributed by atoms with van der Waals surface area (Å²) in [4.78, 5) is 0.822. The highest BCUT2D eigenvalue weighted by molar-refractivity contribution is 7.85. The lowest BCUT2D eigenvalue weighted by atomic mass is 10.0. The zero-order valence-electron chi connectivity index (χ0n) is 12.3. The Hall–Kier alpha value is -1.16. The van der Waals surface area contributed by atoms with Crippen molar-refractivity contribution in [3.8, 4) is 0 Å². The van der Waals surface area contributed by atoms with Gasteiger partial charge in [0.15, 0.2) is 0 Å². The number of halogens is 1. The minimum absolute atomic E-state index is 0.0126. The van der Waals surface area contributed by atoms with E-state index in [1.165, 1.54) is 0 Å². The van der Waals surface area contributed by atoms with Crippen molar-refractivity contribution in [1.82, 2.24) is 5.32 Å². The molecule has 21 heavy (non-hydrogen) atoms. The first-order valence-corrected chi connectivity index (χ1v) is 8.64. The Labute approximate surface area is 134 Å². The van der Waals surface area contributed by atoms with E-state index in [2.05, 4.69) is 24.4 Å². The first kappa shape index (κ1) is 16.2. The van der Waals surface area contributed by atoms with Gasteiger partial charge in [-0.3, -0.25) is 4.21 Å². The Morgan fingerprint density at radius 3 is 2.24 bits per heavy atom. The smallest absolute Gasteiger partial charge is 0.0586 e. The third-order valence-corrected chi connectivity index (χ3v) is 5.71. The van der Waals surface area contributed by atoms with E-state index in [1.54, 1.807) is 12.1 Å². The van der Waals surface area contributed by atoms with E-state index in [1.807, 2.05) is 37.4 Å². The second-order valence-corrected chi connectivity index (χ2v) is 6.98. The van der Waals surface area contributed by atoms with Gasteiger partial charge >= 0.3 is 0 Å². The predicted molar refractivity (Wildman–Crippen MR) is 90.2 cm³/mol. The number of benzene rings is 2. The van der Waals surface area contributed by atoms with Gasteiger partial charge in [-0.1, -0.05) is 48.9 Å². The lowest BCUT2D eigenvalue weighted by molar-refractivity contribution is 0.539. The maximum atomic E-state index is 12.9. The number of hydrogen-bond donors (Lipinski definition) is 1. The van der Waals surface area contributed by atoms with Crippen LogP contribution in [-0.2, 0) is 10.8 Å². The Morgan fingerprint density at radius 2 is 1.71 bits per heavy atom. The number of hydrogen-bond acceptors (Lipinski definition) is 2. The van der Waals surface area contributed by atoms with Crippen molar-refractivity contribution in [2.75, 3.05) is 7.05 Å². The first-order valence-electron chi connectivity index (χ1n) is 7.05. The molecule has 4 heteroatoms. The van der Waals surface area contributed by atoms with Crippen LogP contribution in [-0.4, -0.2) is 16.5 Å². The van der Waals surface area contributed by atoms with Gasteiger partial charge in [-0.2, -0.15) is 0 Å². The summed E-state index contributed by atoms with van der Waals surface area (Å²) in [5.41, 5.74) is 1.16. The highest BCUT2D eigenvalue weighted by Gasteiger charge is 2.26. The molecule has 0 fully saturated rings. The van der Waals surface area contributed by atoms with Crippen molar-refractivity contribution in [3.63, 3.8) is 0 Å².